The molecule has 2 fully saturated rings. The van der Waals surface area contributed by atoms with Gasteiger partial charge in [0.1, 0.15) is 0 Å². The van der Waals surface area contributed by atoms with Crippen molar-refractivity contribution in [1.82, 2.24) is 5.32 Å². The van der Waals surface area contributed by atoms with E-state index in [1.54, 1.807) is 0 Å². The van der Waals surface area contributed by atoms with Crippen LogP contribution in [-0.4, -0.2) is 29.7 Å². The average molecular weight is 240 g/mol. The smallest absolute Gasteiger partial charge is 0.237 e. The quantitative estimate of drug-likeness (QED) is 0.782. The third-order valence-electron chi connectivity index (χ3n) is 4.19. The first-order valence-electron chi connectivity index (χ1n) is 6.65. The van der Waals surface area contributed by atoms with Crippen LogP contribution in [0, 0.1) is 0 Å². The highest BCUT2D eigenvalue weighted by Crippen LogP contribution is 2.40. The minimum Gasteiger partial charge on any atom is -0.375 e. The molecule has 0 aromatic carbocycles. The highest BCUT2D eigenvalue weighted by atomic mass is 16.5. The summed E-state index contributed by atoms with van der Waals surface area (Å²) in [5.74, 6) is -0.288. The number of primary amides is 1. The third kappa shape index (κ3) is 2.80. The Morgan fingerprint density at radius 3 is 2.65 bits per heavy atom. The monoisotopic (exact) mass is 240 g/mol. The third-order valence-corrected chi connectivity index (χ3v) is 4.19. The van der Waals surface area contributed by atoms with Crippen molar-refractivity contribution < 1.29 is 9.53 Å². The van der Waals surface area contributed by atoms with Crippen LogP contribution in [0.2, 0.25) is 0 Å². The molecule has 1 saturated carbocycles. The van der Waals surface area contributed by atoms with E-state index in [4.69, 9.17) is 10.5 Å². The van der Waals surface area contributed by atoms with Crippen molar-refractivity contribution in [2.45, 2.75) is 69.6 Å². The Hall–Kier alpha value is -0.610. The Kier molecular flexibility index (Phi) is 3.46. The maximum atomic E-state index is 11.3. The molecule has 4 heteroatoms. The van der Waals surface area contributed by atoms with Gasteiger partial charge in [-0.2, -0.15) is 0 Å². The highest BCUT2D eigenvalue weighted by Gasteiger charge is 2.41. The molecule has 1 aliphatic carbocycles. The molecule has 0 radical (unpaired) electrons. The van der Waals surface area contributed by atoms with Crippen molar-refractivity contribution in [2.75, 3.05) is 6.61 Å². The van der Waals surface area contributed by atoms with Crippen LogP contribution in [0.25, 0.3) is 0 Å². The predicted octanol–water partition coefficient (Wildman–Crippen LogP) is 1.33. The van der Waals surface area contributed by atoms with Crippen molar-refractivity contribution in [1.29, 1.82) is 0 Å². The van der Waals surface area contributed by atoms with Gasteiger partial charge in [0.15, 0.2) is 0 Å². The van der Waals surface area contributed by atoms with Crippen LogP contribution >= 0.6 is 0 Å². The van der Waals surface area contributed by atoms with Gasteiger partial charge >= 0.3 is 0 Å². The molecule has 0 aromatic heterocycles. The van der Waals surface area contributed by atoms with E-state index in [1.807, 2.05) is 13.8 Å². The Labute approximate surface area is 103 Å². The molecule has 2 aliphatic rings. The molecule has 3 N–H and O–H groups in total. The number of amides is 1. The lowest BCUT2D eigenvalue weighted by Gasteiger charge is -2.41. The lowest BCUT2D eigenvalue weighted by molar-refractivity contribution is -0.125. The number of nitrogens with two attached hydrogens (primary N) is 1. The summed E-state index contributed by atoms with van der Waals surface area (Å²) in [5, 5.41) is 3.39. The minimum atomic E-state index is -0.623. The maximum Gasteiger partial charge on any atom is 0.237 e. The molecule has 17 heavy (non-hydrogen) atoms. The van der Waals surface area contributed by atoms with Gasteiger partial charge in [0.25, 0.3) is 0 Å². The van der Waals surface area contributed by atoms with Crippen molar-refractivity contribution in [2.24, 2.45) is 5.73 Å². The summed E-state index contributed by atoms with van der Waals surface area (Å²) in [4.78, 5) is 11.3. The van der Waals surface area contributed by atoms with Crippen LogP contribution in [-0.2, 0) is 9.53 Å². The van der Waals surface area contributed by atoms with Crippen molar-refractivity contribution in [3.05, 3.63) is 0 Å². The molecule has 98 valence electrons. The molecule has 2 rings (SSSR count). The SMILES string of the molecule is CC(C)(NC1CCOC2(CCCC2)C1)C(N)=O. The van der Waals surface area contributed by atoms with Gasteiger partial charge in [-0.25, -0.2) is 0 Å². The number of carbonyl (C=O) groups is 1. The van der Waals surface area contributed by atoms with E-state index in [-0.39, 0.29) is 11.5 Å². The van der Waals surface area contributed by atoms with Gasteiger partial charge in [-0.15, -0.1) is 0 Å². The number of ether oxygens (including phenoxy) is 1. The standard InChI is InChI=1S/C13H24N2O2/c1-12(2,11(14)16)15-10-5-8-17-13(9-10)6-3-4-7-13/h10,15H,3-9H2,1-2H3,(H2,14,16). The van der Waals surface area contributed by atoms with Crippen LogP contribution < -0.4 is 11.1 Å². The molecule has 1 saturated heterocycles. The number of hydrogen-bond acceptors (Lipinski definition) is 3. The number of nitrogens with one attached hydrogen (secondary N) is 1. The minimum absolute atomic E-state index is 0.0869. The Morgan fingerprint density at radius 2 is 2.06 bits per heavy atom. The lowest BCUT2D eigenvalue weighted by atomic mass is 9.87. The van der Waals surface area contributed by atoms with Crippen LogP contribution in [0.4, 0.5) is 0 Å². The number of rotatable bonds is 3. The van der Waals surface area contributed by atoms with Crippen molar-refractivity contribution >= 4 is 5.91 Å². The topological polar surface area (TPSA) is 64.3 Å². The van der Waals surface area contributed by atoms with Gasteiger partial charge in [0.2, 0.25) is 5.91 Å². The van der Waals surface area contributed by atoms with E-state index in [0.717, 1.165) is 19.4 Å². The average Bonchev–Trinajstić information content (AvgIpc) is 2.65. The van der Waals surface area contributed by atoms with E-state index in [9.17, 15) is 4.79 Å². The zero-order valence-electron chi connectivity index (χ0n) is 10.9. The Balaban J connectivity index is 1.96. The normalized spacial score (nSPS) is 28.5. The molecule has 1 spiro atoms. The summed E-state index contributed by atoms with van der Waals surface area (Å²) < 4.78 is 5.98. The summed E-state index contributed by atoms with van der Waals surface area (Å²) in [6.45, 7) is 4.50. The van der Waals surface area contributed by atoms with Crippen molar-refractivity contribution in [3.8, 4) is 0 Å². The van der Waals surface area contributed by atoms with Crippen LogP contribution in [0.5, 0.6) is 0 Å². The van der Waals surface area contributed by atoms with Crippen molar-refractivity contribution in [3.63, 3.8) is 0 Å². The summed E-state index contributed by atoms with van der Waals surface area (Å²) in [6.07, 6.45) is 6.87. The van der Waals surface area contributed by atoms with E-state index >= 15 is 0 Å². The largest absolute Gasteiger partial charge is 0.375 e. The summed E-state index contributed by atoms with van der Waals surface area (Å²) in [7, 11) is 0. The van der Waals surface area contributed by atoms with E-state index in [0.29, 0.717) is 6.04 Å². The summed E-state index contributed by atoms with van der Waals surface area (Å²) >= 11 is 0. The Morgan fingerprint density at radius 1 is 1.41 bits per heavy atom. The fourth-order valence-electron chi connectivity index (χ4n) is 3.10. The highest BCUT2D eigenvalue weighted by molar-refractivity contribution is 5.83. The second-order valence-corrected chi connectivity index (χ2v) is 6.06. The lowest BCUT2D eigenvalue weighted by Crippen LogP contribution is -2.57. The second-order valence-electron chi connectivity index (χ2n) is 6.06. The molecular formula is C13H24N2O2. The van der Waals surface area contributed by atoms with Gasteiger partial charge < -0.3 is 15.8 Å². The van der Waals surface area contributed by atoms with E-state index in [1.165, 1.54) is 25.7 Å². The first kappa shape index (κ1) is 12.8. The van der Waals surface area contributed by atoms with Gasteiger partial charge in [-0.05, 0) is 39.5 Å². The van der Waals surface area contributed by atoms with Crippen LogP contribution in [0.1, 0.15) is 52.4 Å². The Bertz CT molecular complexity index is 296. The predicted molar refractivity (Wildman–Crippen MR) is 66.6 cm³/mol. The van der Waals surface area contributed by atoms with Gasteiger partial charge in [0.05, 0.1) is 11.1 Å². The van der Waals surface area contributed by atoms with Gasteiger partial charge in [0, 0.05) is 12.6 Å². The maximum absolute atomic E-state index is 11.3. The summed E-state index contributed by atoms with van der Waals surface area (Å²) in [5.41, 5.74) is 4.86. The fraction of sp³-hybridized carbons (Fsp3) is 0.923. The number of hydrogen-bond donors (Lipinski definition) is 2. The second kappa shape index (κ2) is 4.58. The van der Waals surface area contributed by atoms with Crippen LogP contribution in [0.3, 0.4) is 0 Å². The van der Waals surface area contributed by atoms with Crippen LogP contribution in [0.15, 0.2) is 0 Å². The van der Waals surface area contributed by atoms with E-state index in [2.05, 4.69) is 5.32 Å². The zero-order valence-corrected chi connectivity index (χ0v) is 10.9. The molecule has 1 aliphatic heterocycles. The van der Waals surface area contributed by atoms with Gasteiger partial charge in [-0.1, -0.05) is 12.8 Å². The first-order valence-corrected chi connectivity index (χ1v) is 6.65. The molecule has 0 bridgehead atoms. The molecule has 4 nitrogen and oxygen atoms in total. The molecule has 1 amide bonds. The number of carbonyl (C=O) groups excluding carboxylic acids is 1. The molecular weight excluding hydrogens is 216 g/mol. The van der Waals surface area contributed by atoms with E-state index < -0.39 is 5.54 Å². The van der Waals surface area contributed by atoms with Gasteiger partial charge in [-0.3, -0.25) is 4.79 Å². The summed E-state index contributed by atoms with van der Waals surface area (Å²) in [6, 6.07) is 0.351. The molecule has 1 heterocycles. The fourth-order valence-corrected chi connectivity index (χ4v) is 3.10. The molecule has 1 unspecified atom stereocenters. The zero-order chi connectivity index (χ0) is 12.5. The molecule has 0 aromatic rings. The first-order chi connectivity index (χ1) is 7.94. The molecule has 1 atom stereocenters.